The highest BCUT2D eigenvalue weighted by molar-refractivity contribution is 5.04. The van der Waals surface area contributed by atoms with Gasteiger partial charge in [0.05, 0.1) is 24.8 Å². The average molecular weight is 615 g/mol. The molecular weight excluding hydrogens is 568 g/mol. The molecule has 1 saturated carbocycles. The van der Waals surface area contributed by atoms with Gasteiger partial charge < -0.3 is 98.6 Å². The minimum absolute atomic E-state index is 0.0557. The highest BCUT2D eigenvalue weighted by Gasteiger charge is 2.59. The smallest absolute Gasteiger partial charge is 0.222 e. The van der Waals surface area contributed by atoms with Crippen molar-refractivity contribution in [1.82, 2.24) is 0 Å². The summed E-state index contributed by atoms with van der Waals surface area (Å²) in [6.45, 7) is -1.69. The lowest BCUT2D eigenvalue weighted by Gasteiger charge is -2.49. The lowest BCUT2D eigenvalue weighted by Crippen LogP contribution is -2.69. The van der Waals surface area contributed by atoms with Crippen molar-refractivity contribution in [2.24, 2.45) is 34.4 Å². The predicted octanol–water partition coefficient (Wildman–Crippen LogP) is -8.89. The zero-order valence-electron chi connectivity index (χ0n) is 22.9. The molecule has 0 aromatic rings. The van der Waals surface area contributed by atoms with Gasteiger partial charge in [-0.05, 0) is 6.42 Å². The molecule has 18 atom stereocenters. The van der Waals surface area contributed by atoms with Gasteiger partial charge in [0.15, 0.2) is 12.6 Å². The summed E-state index contributed by atoms with van der Waals surface area (Å²) < 4.78 is 35.0. The summed E-state index contributed by atoms with van der Waals surface area (Å²) in [5.41, 5.74) is 35.8. The Morgan fingerprint density at radius 2 is 1.21 bits per heavy atom. The summed E-state index contributed by atoms with van der Waals surface area (Å²) in [7, 11) is 0. The van der Waals surface area contributed by atoms with Crippen molar-refractivity contribution in [2.75, 3.05) is 26.3 Å². The van der Waals surface area contributed by atoms with E-state index in [-0.39, 0.29) is 19.5 Å². The molecule has 0 radical (unpaired) electrons. The standard InChI is InChI=1S/C23H46N6O13/c24-2-9-14(33)16(35)11(28)21(38-9)40-18-7(27)1-6(26)13(32)19(18)42-23(5-30)20(8(31)4-37-23)41-22-12(29)17(36)15(34)10(3-25)39-22/h6-22,30-36H,1-5,24-29H2/t6-,7?,8-,9?,10?,11+,12?,13-,14-,15?,16-,17?,18-,19-,20+,21-,22?,23-/m1/s1. The Morgan fingerprint density at radius 1 is 0.690 bits per heavy atom. The Morgan fingerprint density at radius 3 is 1.71 bits per heavy atom. The van der Waals surface area contributed by atoms with Gasteiger partial charge in [0.25, 0.3) is 0 Å². The summed E-state index contributed by atoms with van der Waals surface area (Å²) in [5.74, 6) is -2.17. The van der Waals surface area contributed by atoms with Crippen molar-refractivity contribution in [1.29, 1.82) is 0 Å². The van der Waals surface area contributed by atoms with Crippen LogP contribution in [0.25, 0.3) is 0 Å². The predicted molar refractivity (Wildman–Crippen MR) is 138 cm³/mol. The monoisotopic (exact) mass is 614 g/mol. The van der Waals surface area contributed by atoms with Crippen LogP contribution in [0.1, 0.15) is 6.42 Å². The first-order chi connectivity index (χ1) is 19.8. The second-order valence-corrected chi connectivity index (χ2v) is 11.3. The van der Waals surface area contributed by atoms with Crippen LogP contribution in [-0.2, 0) is 28.4 Å². The average Bonchev–Trinajstić information content (AvgIpc) is 3.28. The van der Waals surface area contributed by atoms with Crippen LogP contribution in [0.15, 0.2) is 0 Å². The highest BCUT2D eigenvalue weighted by Crippen LogP contribution is 2.38. The maximum absolute atomic E-state index is 11.1. The minimum Gasteiger partial charge on any atom is -0.391 e. The molecule has 4 aliphatic rings. The lowest BCUT2D eigenvalue weighted by molar-refractivity contribution is -0.359. The highest BCUT2D eigenvalue weighted by atomic mass is 16.8. The second-order valence-electron chi connectivity index (χ2n) is 11.3. The van der Waals surface area contributed by atoms with Gasteiger partial charge in [0.1, 0.15) is 67.6 Å². The molecule has 4 fully saturated rings. The van der Waals surface area contributed by atoms with Crippen molar-refractivity contribution in [3.05, 3.63) is 0 Å². The fourth-order valence-corrected chi connectivity index (χ4v) is 5.81. The molecule has 0 bridgehead atoms. The van der Waals surface area contributed by atoms with E-state index >= 15 is 0 Å². The van der Waals surface area contributed by atoms with Gasteiger partial charge in [-0.25, -0.2) is 0 Å². The summed E-state index contributed by atoms with van der Waals surface area (Å²) >= 11 is 0. The molecule has 246 valence electrons. The van der Waals surface area contributed by atoms with E-state index < -0.39 is 123 Å². The fourth-order valence-electron chi connectivity index (χ4n) is 5.81. The molecular formula is C23H46N6O13. The quantitative estimate of drug-likeness (QED) is 0.115. The Labute approximate surface area is 241 Å². The van der Waals surface area contributed by atoms with Gasteiger partial charge in [0.2, 0.25) is 5.79 Å². The summed E-state index contributed by atoms with van der Waals surface area (Å²) in [6.07, 6.45) is -17.7. The van der Waals surface area contributed by atoms with Crippen molar-refractivity contribution < 1.29 is 64.2 Å². The largest absolute Gasteiger partial charge is 0.391 e. The number of ether oxygens (including phenoxy) is 6. The number of rotatable bonds is 9. The molecule has 3 heterocycles. The topological polar surface area (TPSA) is 353 Å². The number of hydrogen-bond donors (Lipinski definition) is 13. The molecule has 3 aliphatic heterocycles. The molecule has 19 N–H and O–H groups in total. The molecule has 7 unspecified atom stereocenters. The Bertz CT molecular complexity index is 883. The van der Waals surface area contributed by atoms with Crippen LogP contribution in [0.4, 0.5) is 0 Å². The van der Waals surface area contributed by atoms with E-state index in [1.807, 2.05) is 0 Å². The molecule has 4 rings (SSSR count). The molecule has 0 aromatic heterocycles. The number of aliphatic hydroxyl groups is 7. The number of aliphatic hydroxyl groups excluding tert-OH is 7. The van der Waals surface area contributed by atoms with E-state index in [1.54, 1.807) is 0 Å². The van der Waals surface area contributed by atoms with E-state index in [1.165, 1.54) is 0 Å². The molecule has 0 spiro atoms. The first-order valence-electron chi connectivity index (χ1n) is 13.9. The minimum atomic E-state index is -2.17. The normalized spacial score (nSPS) is 53.8. The van der Waals surface area contributed by atoms with Crippen molar-refractivity contribution in [3.8, 4) is 0 Å². The van der Waals surface area contributed by atoms with Crippen LogP contribution in [0.3, 0.4) is 0 Å². The Balaban J connectivity index is 1.59. The van der Waals surface area contributed by atoms with Gasteiger partial charge in [-0.3, -0.25) is 0 Å². The summed E-state index contributed by atoms with van der Waals surface area (Å²) in [6, 6.07) is -4.37. The van der Waals surface area contributed by atoms with Crippen LogP contribution in [-0.4, -0.2) is 172 Å². The van der Waals surface area contributed by atoms with Crippen LogP contribution < -0.4 is 34.4 Å². The van der Waals surface area contributed by atoms with Crippen LogP contribution in [0, 0.1) is 0 Å². The lowest BCUT2D eigenvalue weighted by atomic mass is 9.84. The van der Waals surface area contributed by atoms with E-state index in [2.05, 4.69) is 0 Å². The van der Waals surface area contributed by atoms with Gasteiger partial charge in [0, 0.05) is 25.2 Å². The second kappa shape index (κ2) is 13.7. The third kappa shape index (κ3) is 6.33. The SMILES string of the molecule is NCC1OC(O[C@H]2[C@H](O)CO[C@]2(CO)O[C@@H]2[C@H](O)[C@H](N)CC(N)[C@H]2O[C@H]2OC(CN)[C@@H](O)[C@H](O)[C@@H]2N)C(N)C(O)C1O. The van der Waals surface area contributed by atoms with Crippen LogP contribution in [0.5, 0.6) is 0 Å². The zero-order chi connectivity index (χ0) is 31.1. The molecule has 42 heavy (non-hydrogen) atoms. The van der Waals surface area contributed by atoms with Crippen molar-refractivity contribution in [3.63, 3.8) is 0 Å². The van der Waals surface area contributed by atoms with Crippen LogP contribution in [0.2, 0.25) is 0 Å². The maximum atomic E-state index is 11.1. The third-order valence-corrected chi connectivity index (χ3v) is 8.44. The first-order valence-corrected chi connectivity index (χ1v) is 13.9. The Hall–Kier alpha value is -0.760. The number of hydrogen-bond acceptors (Lipinski definition) is 19. The molecule has 19 heteroatoms. The van der Waals surface area contributed by atoms with Crippen molar-refractivity contribution in [2.45, 2.75) is 116 Å². The molecule has 0 aromatic carbocycles. The zero-order valence-corrected chi connectivity index (χ0v) is 22.9. The third-order valence-electron chi connectivity index (χ3n) is 8.44. The maximum Gasteiger partial charge on any atom is 0.222 e. The summed E-state index contributed by atoms with van der Waals surface area (Å²) in [4.78, 5) is 0. The van der Waals surface area contributed by atoms with E-state index in [9.17, 15) is 35.7 Å². The molecule has 1 aliphatic carbocycles. The molecule has 19 nitrogen and oxygen atoms in total. The van der Waals surface area contributed by atoms with Gasteiger partial charge >= 0.3 is 0 Å². The summed E-state index contributed by atoms with van der Waals surface area (Å²) in [5, 5.41) is 73.5. The van der Waals surface area contributed by atoms with E-state index in [0.717, 1.165) is 0 Å². The van der Waals surface area contributed by atoms with Gasteiger partial charge in [-0.2, -0.15) is 0 Å². The Kier molecular flexibility index (Phi) is 11.1. The first kappa shape index (κ1) is 34.1. The van der Waals surface area contributed by atoms with E-state index in [0.29, 0.717) is 0 Å². The fraction of sp³-hybridized carbons (Fsp3) is 1.00. The van der Waals surface area contributed by atoms with Crippen molar-refractivity contribution >= 4 is 0 Å². The number of nitrogens with two attached hydrogens (primary N) is 6. The van der Waals surface area contributed by atoms with E-state index in [4.69, 9.17) is 62.8 Å². The molecule has 0 amide bonds. The van der Waals surface area contributed by atoms with Crippen LogP contribution >= 0.6 is 0 Å². The van der Waals surface area contributed by atoms with Gasteiger partial charge in [-0.1, -0.05) is 0 Å². The molecule has 3 saturated heterocycles. The van der Waals surface area contributed by atoms with Gasteiger partial charge in [-0.15, -0.1) is 0 Å².